The first-order valence-corrected chi connectivity index (χ1v) is 10.3. The number of aliphatic carboxylic acids is 1. The lowest BCUT2D eigenvalue weighted by Gasteiger charge is -2.24. The van der Waals surface area contributed by atoms with Crippen LogP contribution >= 0.6 is 23.1 Å². The first kappa shape index (κ1) is 18.7. The van der Waals surface area contributed by atoms with Crippen molar-refractivity contribution in [1.82, 2.24) is 10.3 Å². The van der Waals surface area contributed by atoms with Crippen molar-refractivity contribution < 1.29 is 19.4 Å². The summed E-state index contributed by atoms with van der Waals surface area (Å²) >= 11 is 2.97. The van der Waals surface area contributed by atoms with E-state index in [0.717, 1.165) is 16.5 Å². The van der Waals surface area contributed by atoms with Gasteiger partial charge in [0, 0.05) is 11.1 Å². The molecule has 2 N–H and O–H groups in total. The van der Waals surface area contributed by atoms with Gasteiger partial charge >= 0.3 is 5.97 Å². The van der Waals surface area contributed by atoms with Crippen molar-refractivity contribution in [2.75, 3.05) is 11.5 Å². The molecule has 1 unspecified atom stereocenters. The van der Waals surface area contributed by atoms with Gasteiger partial charge in [-0.05, 0) is 31.2 Å². The average molecular weight is 393 g/mol. The number of aryl methyl sites for hydroxylation is 1. The summed E-state index contributed by atoms with van der Waals surface area (Å²) in [7, 11) is 0. The molecule has 1 saturated heterocycles. The summed E-state index contributed by atoms with van der Waals surface area (Å²) in [6, 6.07) is 7.77. The maximum absolute atomic E-state index is 12.2. The molecule has 0 aliphatic carbocycles. The average Bonchev–Trinajstić information content (AvgIpc) is 3.25. The highest BCUT2D eigenvalue weighted by Crippen LogP contribution is 2.28. The monoisotopic (exact) mass is 392 g/mol. The Morgan fingerprint density at radius 3 is 2.77 bits per heavy atom. The molecule has 26 heavy (non-hydrogen) atoms. The molecule has 0 spiro atoms. The highest BCUT2D eigenvalue weighted by Gasteiger charge is 2.43. The summed E-state index contributed by atoms with van der Waals surface area (Å²) in [6.45, 7) is 2.35. The van der Waals surface area contributed by atoms with Gasteiger partial charge in [-0.1, -0.05) is 17.7 Å². The number of carboxylic acids is 1. The quantitative estimate of drug-likeness (QED) is 0.753. The number of rotatable bonds is 7. The largest absolute Gasteiger partial charge is 0.486 e. The minimum absolute atomic E-state index is 0.0702. The number of thioether (sulfide) groups is 1. The number of carboxylic acid groups (broad SMARTS) is 1. The Balaban J connectivity index is 1.53. The number of hydrogen-bond acceptors (Lipinski definition) is 6. The lowest BCUT2D eigenvalue weighted by molar-refractivity contribution is -0.146. The fourth-order valence-corrected chi connectivity index (χ4v) is 4.67. The van der Waals surface area contributed by atoms with E-state index in [9.17, 15) is 14.7 Å². The Labute approximate surface area is 160 Å². The first-order valence-electron chi connectivity index (χ1n) is 8.22. The van der Waals surface area contributed by atoms with Crippen molar-refractivity contribution in [1.29, 1.82) is 0 Å². The van der Waals surface area contributed by atoms with E-state index in [0.29, 0.717) is 24.5 Å². The van der Waals surface area contributed by atoms with Crippen LogP contribution in [0.15, 0.2) is 29.6 Å². The van der Waals surface area contributed by atoms with Crippen LogP contribution in [0, 0.1) is 6.92 Å². The van der Waals surface area contributed by atoms with Crippen molar-refractivity contribution in [2.45, 2.75) is 31.9 Å². The van der Waals surface area contributed by atoms with E-state index in [1.807, 2.05) is 36.6 Å². The standard InChI is InChI=1S/C18H20N2O4S2/c1-12-2-4-14(5-3-12)24-9-16-19-13(10-26-16)8-15(21)20-18(17(22)23)6-7-25-11-18/h2-5,10H,6-9,11H2,1H3,(H,20,21)(H,22,23). The van der Waals surface area contributed by atoms with Gasteiger partial charge in [-0.2, -0.15) is 11.8 Å². The minimum atomic E-state index is -1.14. The van der Waals surface area contributed by atoms with Crippen LogP contribution in [0.4, 0.5) is 0 Å². The van der Waals surface area contributed by atoms with Gasteiger partial charge in [-0.3, -0.25) is 4.79 Å². The third kappa shape index (κ3) is 4.56. The van der Waals surface area contributed by atoms with Crippen LogP contribution in [-0.4, -0.2) is 39.0 Å². The Hall–Kier alpha value is -2.06. The molecular formula is C18H20N2O4S2. The van der Waals surface area contributed by atoms with Crippen LogP contribution in [0.25, 0.3) is 0 Å². The SMILES string of the molecule is Cc1ccc(OCc2nc(CC(=O)NC3(C(=O)O)CCSC3)cs2)cc1. The summed E-state index contributed by atoms with van der Waals surface area (Å²) < 4.78 is 5.69. The van der Waals surface area contributed by atoms with Crippen molar-refractivity contribution in [3.05, 3.63) is 45.9 Å². The van der Waals surface area contributed by atoms with Crippen LogP contribution in [0.3, 0.4) is 0 Å². The summed E-state index contributed by atoms with van der Waals surface area (Å²) in [6.07, 6.45) is 0.520. The fourth-order valence-electron chi connectivity index (χ4n) is 2.64. The van der Waals surface area contributed by atoms with Crippen molar-refractivity contribution in [3.8, 4) is 5.75 Å². The highest BCUT2D eigenvalue weighted by atomic mass is 32.2. The zero-order valence-corrected chi connectivity index (χ0v) is 16.0. The molecule has 1 atom stereocenters. The number of amides is 1. The van der Waals surface area contributed by atoms with Gasteiger partial charge in [0.2, 0.25) is 5.91 Å². The van der Waals surface area contributed by atoms with Crippen LogP contribution < -0.4 is 10.1 Å². The van der Waals surface area contributed by atoms with Gasteiger partial charge in [0.05, 0.1) is 12.1 Å². The summed E-state index contributed by atoms with van der Waals surface area (Å²) in [5.74, 6) is 0.629. The number of ether oxygens (including phenoxy) is 1. The van der Waals surface area contributed by atoms with E-state index in [1.54, 1.807) is 11.8 Å². The molecule has 6 nitrogen and oxygen atoms in total. The molecule has 138 valence electrons. The molecule has 3 rings (SSSR count). The third-order valence-corrected chi connectivity index (χ3v) is 6.19. The number of carbonyl (C=O) groups is 2. The van der Waals surface area contributed by atoms with E-state index in [1.165, 1.54) is 16.9 Å². The molecule has 2 heterocycles. The van der Waals surface area contributed by atoms with E-state index in [4.69, 9.17) is 4.74 Å². The van der Waals surface area contributed by atoms with Crippen LogP contribution in [0.2, 0.25) is 0 Å². The maximum Gasteiger partial charge on any atom is 0.330 e. The second kappa shape index (κ2) is 8.09. The Morgan fingerprint density at radius 1 is 1.35 bits per heavy atom. The minimum Gasteiger partial charge on any atom is -0.486 e. The molecule has 1 aliphatic rings. The van der Waals surface area contributed by atoms with Crippen molar-refractivity contribution >= 4 is 35.0 Å². The predicted octanol–water partition coefficient (Wildman–Crippen LogP) is 2.65. The van der Waals surface area contributed by atoms with Crippen LogP contribution in [-0.2, 0) is 22.6 Å². The summed E-state index contributed by atoms with van der Waals surface area (Å²) in [4.78, 5) is 28.2. The predicted molar refractivity (Wildman–Crippen MR) is 102 cm³/mol. The van der Waals surface area contributed by atoms with Crippen molar-refractivity contribution in [2.24, 2.45) is 0 Å². The molecule has 1 fully saturated rings. The van der Waals surface area contributed by atoms with Gasteiger partial charge < -0.3 is 15.2 Å². The molecule has 0 bridgehead atoms. The van der Waals surface area contributed by atoms with Gasteiger partial charge in [0.25, 0.3) is 0 Å². The molecule has 0 saturated carbocycles. The third-order valence-electron chi connectivity index (χ3n) is 4.13. The Kier molecular flexibility index (Phi) is 5.83. The molecule has 1 aliphatic heterocycles. The second-order valence-electron chi connectivity index (χ2n) is 6.25. The van der Waals surface area contributed by atoms with E-state index in [-0.39, 0.29) is 12.3 Å². The highest BCUT2D eigenvalue weighted by molar-refractivity contribution is 7.99. The second-order valence-corrected chi connectivity index (χ2v) is 8.30. The number of hydrogen-bond donors (Lipinski definition) is 2. The van der Waals surface area contributed by atoms with Crippen molar-refractivity contribution in [3.63, 3.8) is 0 Å². The summed E-state index contributed by atoms with van der Waals surface area (Å²) in [5.41, 5.74) is 0.649. The smallest absolute Gasteiger partial charge is 0.330 e. The first-order chi connectivity index (χ1) is 12.5. The molecule has 0 radical (unpaired) electrons. The number of nitrogens with one attached hydrogen (secondary N) is 1. The molecule has 8 heteroatoms. The van der Waals surface area contributed by atoms with Crippen LogP contribution in [0.5, 0.6) is 5.75 Å². The number of nitrogens with zero attached hydrogens (tertiary/aromatic N) is 1. The van der Waals surface area contributed by atoms with E-state index >= 15 is 0 Å². The van der Waals surface area contributed by atoms with Crippen LogP contribution in [0.1, 0.15) is 22.7 Å². The van der Waals surface area contributed by atoms with Gasteiger partial charge in [-0.15, -0.1) is 11.3 Å². The molecule has 1 aromatic heterocycles. The van der Waals surface area contributed by atoms with E-state index < -0.39 is 11.5 Å². The molecule has 2 aromatic rings. The van der Waals surface area contributed by atoms with E-state index in [2.05, 4.69) is 10.3 Å². The topological polar surface area (TPSA) is 88.5 Å². The zero-order valence-electron chi connectivity index (χ0n) is 14.4. The zero-order chi connectivity index (χ0) is 18.6. The normalized spacial score (nSPS) is 19.3. The van der Waals surface area contributed by atoms with Gasteiger partial charge in [0.15, 0.2) is 0 Å². The lowest BCUT2D eigenvalue weighted by atomic mass is 9.99. The molecule has 1 aromatic carbocycles. The number of benzene rings is 1. The summed E-state index contributed by atoms with van der Waals surface area (Å²) in [5, 5.41) is 14.7. The number of carbonyl (C=O) groups excluding carboxylic acids is 1. The fraction of sp³-hybridized carbons (Fsp3) is 0.389. The molecular weight excluding hydrogens is 372 g/mol. The molecule has 1 amide bonds. The Morgan fingerprint density at radius 2 is 2.12 bits per heavy atom. The Bertz CT molecular complexity index is 783. The lowest BCUT2D eigenvalue weighted by Crippen LogP contribution is -2.55. The van der Waals surface area contributed by atoms with Gasteiger partial charge in [0.1, 0.15) is 22.9 Å². The number of thiazole rings is 1. The number of aromatic nitrogens is 1. The maximum atomic E-state index is 12.2. The van der Waals surface area contributed by atoms with Gasteiger partial charge in [-0.25, -0.2) is 9.78 Å².